The van der Waals surface area contributed by atoms with Crippen molar-refractivity contribution in [1.82, 2.24) is 4.90 Å². The zero-order valence-electron chi connectivity index (χ0n) is 10.3. The van der Waals surface area contributed by atoms with E-state index in [9.17, 15) is 15.0 Å². The standard InChI is InChI=1S/C12H21NO3S/c1-2-13-6-3-4-11(8-13,10(14)15)12(16)5-7-17-9-12/h16H,2-9H2,1H3,(H,14,15). The molecule has 0 spiro atoms. The van der Waals surface area contributed by atoms with Crippen LogP contribution in [0.25, 0.3) is 0 Å². The molecule has 2 aliphatic heterocycles. The summed E-state index contributed by atoms with van der Waals surface area (Å²) in [7, 11) is 0. The number of aliphatic hydroxyl groups is 1. The summed E-state index contributed by atoms with van der Waals surface area (Å²) in [6, 6.07) is 0. The van der Waals surface area contributed by atoms with Crippen molar-refractivity contribution in [3.63, 3.8) is 0 Å². The monoisotopic (exact) mass is 259 g/mol. The molecule has 2 saturated heterocycles. The first-order chi connectivity index (χ1) is 8.04. The highest BCUT2D eigenvalue weighted by atomic mass is 32.2. The third-order valence-electron chi connectivity index (χ3n) is 4.32. The lowest BCUT2D eigenvalue weighted by Crippen LogP contribution is -2.61. The summed E-state index contributed by atoms with van der Waals surface area (Å²) in [5.74, 6) is 0.620. The SMILES string of the molecule is CCN1CCCC(C(=O)O)(C2(O)CCSC2)C1. The fourth-order valence-electron chi connectivity index (χ4n) is 3.10. The van der Waals surface area contributed by atoms with Crippen LogP contribution in [0.3, 0.4) is 0 Å². The Balaban J connectivity index is 2.28. The molecule has 0 aromatic heterocycles. The van der Waals surface area contributed by atoms with E-state index in [2.05, 4.69) is 4.90 Å². The first kappa shape index (κ1) is 13.2. The van der Waals surface area contributed by atoms with Gasteiger partial charge in [0.05, 0.1) is 5.60 Å². The van der Waals surface area contributed by atoms with Gasteiger partial charge in [0, 0.05) is 12.3 Å². The lowest BCUT2D eigenvalue weighted by atomic mass is 9.66. The van der Waals surface area contributed by atoms with Gasteiger partial charge in [-0.2, -0.15) is 11.8 Å². The molecule has 0 radical (unpaired) electrons. The fourth-order valence-corrected chi connectivity index (χ4v) is 4.48. The Morgan fingerprint density at radius 3 is 2.76 bits per heavy atom. The quantitative estimate of drug-likeness (QED) is 0.793. The highest BCUT2D eigenvalue weighted by molar-refractivity contribution is 7.99. The van der Waals surface area contributed by atoms with Crippen molar-refractivity contribution in [2.45, 2.75) is 31.8 Å². The zero-order chi connectivity index (χ0) is 12.5. The Bertz CT molecular complexity index is 304. The van der Waals surface area contributed by atoms with E-state index in [0.29, 0.717) is 25.1 Å². The average molecular weight is 259 g/mol. The minimum Gasteiger partial charge on any atom is -0.481 e. The summed E-state index contributed by atoms with van der Waals surface area (Å²) in [6.45, 7) is 4.36. The van der Waals surface area contributed by atoms with E-state index in [1.165, 1.54) is 0 Å². The fraction of sp³-hybridized carbons (Fsp3) is 0.917. The molecule has 2 heterocycles. The number of nitrogens with zero attached hydrogens (tertiary/aromatic N) is 1. The molecule has 2 atom stereocenters. The summed E-state index contributed by atoms with van der Waals surface area (Å²) in [5.41, 5.74) is -1.97. The van der Waals surface area contributed by atoms with Crippen LogP contribution in [0.1, 0.15) is 26.2 Å². The Labute approximate surface area is 106 Å². The topological polar surface area (TPSA) is 60.8 Å². The van der Waals surface area contributed by atoms with E-state index in [0.717, 1.165) is 25.3 Å². The van der Waals surface area contributed by atoms with Gasteiger partial charge in [0.15, 0.2) is 0 Å². The Morgan fingerprint density at radius 1 is 1.47 bits per heavy atom. The van der Waals surface area contributed by atoms with Gasteiger partial charge in [0.1, 0.15) is 5.41 Å². The molecule has 0 bridgehead atoms. The Morgan fingerprint density at radius 2 is 2.24 bits per heavy atom. The van der Waals surface area contributed by atoms with E-state index >= 15 is 0 Å². The summed E-state index contributed by atoms with van der Waals surface area (Å²) in [5, 5.41) is 20.4. The molecule has 0 amide bonds. The molecule has 4 nitrogen and oxygen atoms in total. The summed E-state index contributed by atoms with van der Waals surface area (Å²) in [6.07, 6.45) is 2.09. The third kappa shape index (κ3) is 2.09. The summed E-state index contributed by atoms with van der Waals surface area (Å²) >= 11 is 1.67. The van der Waals surface area contributed by atoms with Crippen LogP contribution in [-0.2, 0) is 4.79 Å². The van der Waals surface area contributed by atoms with Crippen LogP contribution in [0.2, 0.25) is 0 Å². The van der Waals surface area contributed by atoms with Crippen LogP contribution in [0.5, 0.6) is 0 Å². The number of likely N-dealkylation sites (tertiary alicyclic amines) is 1. The number of carboxylic acid groups (broad SMARTS) is 1. The second-order valence-electron chi connectivity index (χ2n) is 5.19. The number of thioether (sulfide) groups is 1. The van der Waals surface area contributed by atoms with Gasteiger partial charge in [0.2, 0.25) is 0 Å². The van der Waals surface area contributed by atoms with Gasteiger partial charge in [-0.15, -0.1) is 0 Å². The van der Waals surface area contributed by atoms with E-state index in [4.69, 9.17) is 0 Å². The van der Waals surface area contributed by atoms with Crippen LogP contribution in [0.15, 0.2) is 0 Å². The van der Waals surface area contributed by atoms with Crippen molar-refractivity contribution >= 4 is 17.7 Å². The van der Waals surface area contributed by atoms with Gasteiger partial charge < -0.3 is 15.1 Å². The van der Waals surface area contributed by atoms with E-state index in [-0.39, 0.29) is 0 Å². The van der Waals surface area contributed by atoms with Crippen LogP contribution in [0.4, 0.5) is 0 Å². The Hall–Kier alpha value is -0.260. The number of piperidine rings is 1. The summed E-state index contributed by atoms with van der Waals surface area (Å²) < 4.78 is 0. The molecule has 2 fully saturated rings. The van der Waals surface area contributed by atoms with Crippen LogP contribution in [-0.4, -0.2) is 57.8 Å². The maximum Gasteiger partial charge on any atom is 0.313 e. The molecule has 2 N–H and O–H groups in total. The number of carboxylic acids is 1. The van der Waals surface area contributed by atoms with Crippen LogP contribution in [0, 0.1) is 5.41 Å². The molecule has 2 aliphatic rings. The van der Waals surface area contributed by atoms with E-state index < -0.39 is 17.0 Å². The van der Waals surface area contributed by atoms with Gasteiger partial charge in [-0.3, -0.25) is 4.79 Å². The summed E-state index contributed by atoms with van der Waals surface area (Å²) in [4.78, 5) is 13.9. The smallest absolute Gasteiger partial charge is 0.313 e. The van der Waals surface area contributed by atoms with Crippen molar-refractivity contribution in [3.05, 3.63) is 0 Å². The average Bonchev–Trinajstić information content (AvgIpc) is 2.77. The van der Waals surface area contributed by atoms with Gasteiger partial charge in [-0.05, 0) is 38.1 Å². The molecule has 5 heteroatoms. The first-order valence-corrected chi connectivity index (χ1v) is 7.45. The van der Waals surface area contributed by atoms with Crippen molar-refractivity contribution in [3.8, 4) is 0 Å². The minimum absolute atomic E-state index is 0.496. The van der Waals surface area contributed by atoms with Crippen LogP contribution < -0.4 is 0 Å². The van der Waals surface area contributed by atoms with Crippen molar-refractivity contribution in [1.29, 1.82) is 0 Å². The zero-order valence-corrected chi connectivity index (χ0v) is 11.1. The van der Waals surface area contributed by atoms with Gasteiger partial charge >= 0.3 is 5.97 Å². The molecular formula is C12H21NO3S. The number of aliphatic carboxylic acids is 1. The van der Waals surface area contributed by atoms with Crippen molar-refractivity contribution in [2.75, 3.05) is 31.1 Å². The van der Waals surface area contributed by atoms with Gasteiger partial charge in [-0.1, -0.05) is 6.92 Å². The molecule has 0 saturated carbocycles. The lowest BCUT2D eigenvalue weighted by molar-refractivity contribution is -0.174. The highest BCUT2D eigenvalue weighted by Crippen LogP contribution is 2.47. The Kier molecular flexibility index (Phi) is 3.71. The largest absolute Gasteiger partial charge is 0.481 e. The van der Waals surface area contributed by atoms with Gasteiger partial charge in [-0.25, -0.2) is 0 Å². The van der Waals surface area contributed by atoms with Crippen molar-refractivity contribution in [2.24, 2.45) is 5.41 Å². The van der Waals surface area contributed by atoms with Gasteiger partial charge in [0.25, 0.3) is 0 Å². The highest BCUT2D eigenvalue weighted by Gasteiger charge is 2.58. The maximum absolute atomic E-state index is 11.7. The molecule has 2 unspecified atom stereocenters. The molecule has 0 aromatic carbocycles. The van der Waals surface area contributed by atoms with Crippen LogP contribution >= 0.6 is 11.8 Å². The molecule has 2 rings (SSSR count). The molecule has 0 aromatic rings. The normalized spacial score (nSPS) is 39.4. The van der Waals surface area contributed by atoms with E-state index in [1.807, 2.05) is 6.92 Å². The molecule has 98 valence electrons. The predicted octanol–water partition coefficient (Wildman–Crippen LogP) is 1.04. The first-order valence-electron chi connectivity index (χ1n) is 6.30. The molecule has 17 heavy (non-hydrogen) atoms. The third-order valence-corrected chi connectivity index (χ3v) is 5.49. The number of hydrogen-bond acceptors (Lipinski definition) is 4. The second kappa shape index (κ2) is 4.78. The second-order valence-corrected chi connectivity index (χ2v) is 6.30. The minimum atomic E-state index is -1.02. The maximum atomic E-state index is 11.7. The number of rotatable bonds is 3. The lowest BCUT2D eigenvalue weighted by Gasteiger charge is -2.47. The van der Waals surface area contributed by atoms with E-state index in [1.54, 1.807) is 11.8 Å². The predicted molar refractivity (Wildman–Crippen MR) is 68.3 cm³/mol. The van der Waals surface area contributed by atoms with Crippen molar-refractivity contribution < 1.29 is 15.0 Å². The number of carbonyl (C=O) groups is 1. The number of hydrogen-bond donors (Lipinski definition) is 2. The molecule has 0 aliphatic carbocycles. The molecular weight excluding hydrogens is 238 g/mol.